The minimum atomic E-state index is 0.630. The Kier molecular flexibility index (Phi) is 5.88. The molecule has 3 nitrogen and oxygen atoms in total. The van der Waals surface area contributed by atoms with Crippen LogP contribution in [-0.2, 0) is 0 Å². The van der Waals surface area contributed by atoms with E-state index in [-0.39, 0.29) is 0 Å². The lowest BCUT2D eigenvalue weighted by molar-refractivity contribution is 0.668. The van der Waals surface area contributed by atoms with Gasteiger partial charge in [-0.3, -0.25) is 0 Å². The van der Waals surface area contributed by atoms with Gasteiger partial charge in [0.05, 0.1) is 11.6 Å². The lowest BCUT2D eigenvalue weighted by atomic mass is 9.82. The van der Waals surface area contributed by atoms with E-state index < -0.39 is 0 Å². The van der Waals surface area contributed by atoms with E-state index in [0.29, 0.717) is 5.56 Å². The monoisotopic (exact) mass is 587 g/mol. The summed E-state index contributed by atoms with van der Waals surface area (Å²) in [6.07, 6.45) is 0. The summed E-state index contributed by atoms with van der Waals surface area (Å²) in [7, 11) is 0. The smallest absolute Gasteiger partial charge is 0.136 e. The van der Waals surface area contributed by atoms with Crippen LogP contribution in [0.15, 0.2) is 160 Å². The normalized spacial score (nSPS) is 11.5. The summed E-state index contributed by atoms with van der Waals surface area (Å²) in [4.78, 5) is 0. The summed E-state index contributed by atoms with van der Waals surface area (Å²) in [5.74, 6) is 0. The summed E-state index contributed by atoms with van der Waals surface area (Å²) in [5.41, 5.74) is 12.3. The maximum Gasteiger partial charge on any atom is 0.136 e. The van der Waals surface area contributed by atoms with Crippen molar-refractivity contribution in [1.82, 2.24) is 0 Å². The van der Waals surface area contributed by atoms with Gasteiger partial charge in [-0.1, -0.05) is 109 Å². The molecule has 0 bridgehead atoms. The van der Waals surface area contributed by atoms with Gasteiger partial charge < -0.3 is 8.83 Å². The van der Waals surface area contributed by atoms with Crippen LogP contribution in [0, 0.1) is 11.3 Å². The molecule has 0 atom stereocenters. The molecule has 0 saturated carbocycles. The quantitative estimate of drug-likeness (QED) is 0.206. The Morgan fingerprint density at radius 1 is 0.391 bits per heavy atom. The van der Waals surface area contributed by atoms with Crippen molar-refractivity contribution in [2.75, 3.05) is 0 Å². The van der Waals surface area contributed by atoms with Crippen molar-refractivity contribution < 1.29 is 8.83 Å². The molecule has 3 heteroatoms. The molecule has 0 N–H and O–H groups in total. The van der Waals surface area contributed by atoms with Gasteiger partial charge in [0.15, 0.2) is 0 Å². The molecule has 9 rings (SSSR count). The molecule has 0 fully saturated rings. The zero-order valence-electron chi connectivity index (χ0n) is 24.7. The number of furan rings is 2. The third-order valence-electron chi connectivity index (χ3n) is 8.94. The number of rotatable bonds is 4. The largest absolute Gasteiger partial charge is 0.456 e. The molecule has 2 heterocycles. The molecule has 0 aliphatic rings. The number of hydrogen-bond donors (Lipinski definition) is 0. The van der Waals surface area contributed by atoms with Crippen LogP contribution in [0.4, 0.5) is 0 Å². The van der Waals surface area contributed by atoms with Gasteiger partial charge in [-0.2, -0.15) is 5.26 Å². The standard InChI is InChI=1S/C43H25NO2/c44-26-28-14-4-5-15-30(28)29-24-35(31-18-10-22-39-42(31)33-16-6-8-20-37(33)45-39)41(27-12-2-1-3-13-27)36(25-29)32-19-11-23-40-43(32)34-17-7-9-21-38(34)46-40/h1-25H. The summed E-state index contributed by atoms with van der Waals surface area (Å²) in [6.45, 7) is 0. The Balaban J connectivity index is 1.49. The fourth-order valence-electron chi connectivity index (χ4n) is 6.97. The van der Waals surface area contributed by atoms with Gasteiger partial charge in [0.25, 0.3) is 0 Å². The summed E-state index contributed by atoms with van der Waals surface area (Å²) in [6, 6.07) is 54.3. The maximum absolute atomic E-state index is 10.2. The average Bonchev–Trinajstić information content (AvgIpc) is 3.70. The first-order chi connectivity index (χ1) is 22.8. The molecule has 46 heavy (non-hydrogen) atoms. The Labute approximate surface area is 265 Å². The van der Waals surface area contributed by atoms with Crippen LogP contribution in [0.1, 0.15) is 5.56 Å². The predicted octanol–water partition coefficient (Wildman–Crippen LogP) is 12.0. The second-order valence-electron chi connectivity index (χ2n) is 11.5. The third kappa shape index (κ3) is 3.98. The van der Waals surface area contributed by atoms with Crippen LogP contribution in [0.2, 0.25) is 0 Å². The molecule has 0 spiro atoms. The van der Waals surface area contributed by atoms with Crippen molar-refractivity contribution in [2.24, 2.45) is 0 Å². The van der Waals surface area contributed by atoms with Gasteiger partial charge in [0.2, 0.25) is 0 Å². The van der Waals surface area contributed by atoms with E-state index >= 15 is 0 Å². The van der Waals surface area contributed by atoms with Crippen molar-refractivity contribution in [2.45, 2.75) is 0 Å². The van der Waals surface area contributed by atoms with Crippen LogP contribution >= 0.6 is 0 Å². The Bertz CT molecular complexity index is 2520. The number of hydrogen-bond acceptors (Lipinski definition) is 3. The molecular weight excluding hydrogens is 562 g/mol. The van der Waals surface area contributed by atoms with Crippen LogP contribution in [0.25, 0.3) is 88.4 Å². The highest BCUT2D eigenvalue weighted by atomic mass is 16.3. The predicted molar refractivity (Wildman–Crippen MR) is 187 cm³/mol. The fourth-order valence-corrected chi connectivity index (χ4v) is 6.97. The Morgan fingerprint density at radius 2 is 0.870 bits per heavy atom. The van der Waals surface area contributed by atoms with E-state index in [0.717, 1.165) is 88.4 Å². The molecule has 9 aromatic rings. The second-order valence-corrected chi connectivity index (χ2v) is 11.5. The molecule has 2 aromatic heterocycles. The fraction of sp³-hybridized carbons (Fsp3) is 0. The van der Waals surface area contributed by atoms with E-state index in [4.69, 9.17) is 8.83 Å². The summed E-state index contributed by atoms with van der Waals surface area (Å²) in [5, 5.41) is 14.4. The van der Waals surface area contributed by atoms with Gasteiger partial charge in [0.1, 0.15) is 22.3 Å². The summed E-state index contributed by atoms with van der Waals surface area (Å²) >= 11 is 0. The van der Waals surface area contributed by atoms with Gasteiger partial charge in [-0.05, 0) is 87.0 Å². The highest BCUT2D eigenvalue weighted by Gasteiger charge is 2.23. The van der Waals surface area contributed by atoms with Gasteiger partial charge in [0, 0.05) is 21.5 Å². The molecule has 214 valence electrons. The summed E-state index contributed by atoms with van der Waals surface area (Å²) < 4.78 is 12.7. The highest BCUT2D eigenvalue weighted by molar-refractivity contribution is 6.18. The number of fused-ring (bicyclic) bond motifs is 6. The van der Waals surface area contributed by atoms with Crippen molar-refractivity contribution in [3.05, 3.63) is 157 Å². The van der Waals surface area contributed by atoms with Crippen molar-refractivity contribution >= 4 is 43.9 Å². The van der Waals surface area contributed by atoms with E-state index in [1.54, 1.807) is 0 Å². The molecule has 0 amide bonds. The highest BCUT2D eigenvalue weighted by Crippen LogP contribution is 2.49. The molecule has 0 aliphatic carbocycles. The van der Waals surface area contributed by atoms with E-state index in [1.807, 2.05) is 60.7 Å². The topological polar surface area (TPSA) is 50.1 Å². The van der Waals surface area contributed by atoms with Gasteiger partial charge in [-0.25, -0.2) is 0 Å². The van der Waals surface area contributed by atoms with Crippen LogP contribution in [-0.4, -0.2) is 0 Å². The number of benzene rings is 7. The first kappa shape index (κ1) is 26.1. The molecule has 0 unspecified atom stereocenters. The molecule has 0 radical (unpaired) electrons. The number of para-hydroxylation sites is 2. The van der Waals surface area contributed by atoms with E-state index in [9.17, 15) is 5.26 Å². The van der Waals surface area contributed by atoms with E-state index in [1.165, 1.54) is 0 Å². The molecule has 7 aromatic carbocycles. The first-order valence-electron chi connectivity index (χ1n) is 15.3. The van der Waals surface area contributed by atoms with Gasteiger partial charge in [-0.15, -0.1) is 0 Å². The number of nitrogens with zero attached hydrogens (tertiary/aromatic N) is 1. The van der Waals surface area contributed by atoms with E-state index in [2.05, 4.69) is 97.1 Å². The van der Waals surface area contributed by atoms with Crippen molar-refractivity contribution in [3.63, 3.8) is 0 Å². The zero-order chi connectivity index (χ0) is 30.6. The van der Waals surface area contributed by atoms with Gasteiger partial charge >= 0.3 is 0 Å². The van der Waals surface area contributed by atoms with Crippen molar-refractivity contribution in [3.8, 4) is 50.6 Å². The zero-order valence-corrected chi connectivity index (χ0v) is 24.7. The Morgan fingerprint density at radius 3 is 1.46 bits per heavy atom. The molecular formula is C43H25NO2. The SMILES string of the molecule is N#Cc1ccccc1-c1cc(-c2cccc3oc4ccccc4c23)c(-c2ccccc2)c(-c2cccc3oc4ccccc4c23)c1. The van der Waals surface area contributed by atoms with Crippen LogP contribution in [0.3, 0.4) is 0 Å². The Hall–Kier alpha value is -6.37. The minimum absolute atomic E-state index is 0.630. The lowest BCUT2D eigenvalue weighted by Gasteiger charge is -2.20. The number of nitriles is 1. The lowest BCUT2D eigenvalue weighted by Crippen LogP contribution is -1.95. The molecule has 0 saturated heterocycles. The third-order valence-corrected chi connectivity index (χ3v) is 8.94. The van der Waals surface area contributed by atoms with Crippen LogP contribution < -0.4 is 0 Å². The average molecular weight is 588 g/mol. The van der Waals surface area contributed by atoms with Crippen molar-refractivity contribution in [1.29, 1.82) is 5.26 Å². The maximum atomic E-state index is 10.2. The van der Waals surface area contributed by atoms with Crippen LogP contribution in [0.5, 0.6) is 0 Å². The minimum Gasteiger partial charge on any atom is -0.456 e. The molecule has 0 aliphatic heterocycles. The first-order valence-corrected chi connectivity index (χ1v) is 15.3. The second kappa shape index (κ2) is 10.4.